The molecule has 2 rings (SSSR count). The summed E-state index contributed by atoms with van der Waals surface area (Å²) < 4.78 is 11.7. The summed E-state index contributed by atoms with van der Waals surface area (Å²) >= 11 is 3.27. The van der Waals surface area contributed by atoms with E-state index in [1.807, 2.05) is 28.9 Å². The summed E-state index contributed by atoms with van der Waals surface area (Å²) in [5.41, 5.74) is 0.960. The predicted molar refractivity (Wildman–Crippen MR) is 105 cm³/mol. The van der Waals surface area contributed by atoms with Crippen LogP contribution >= 0.6 is 33.6 Å². The van der Waals surface area contributed by atoms with E-state index in [2.05, 4.69) is 27.8 Å². The minimum absolute atomic E-state index is 0. The minimum atomic E-state index is -0.276. The van der Waals surface area contributed by atoms with Gasteiger partial charge in [-0.05, 0) is 25.6 Å². The Hall–Kier alpha value is 0.0934. The molecule has 0 aliphatic carbocycles. The molecule has 1 saturated heterocycles. The van der Waals surface area contributed by atoms with Gasteiger partial charge in [0.2, 0.25) is 0 Å². The van der Waals surface area contributed by atoms with Crippen LogP contribution < -0.4 is 4.74 Å². The summed E-state index contributed by atoms with van der Waals surface area (Å²) in [5, 5.41) is 0. The van der Waals surface area contributed by atoms with Crippen LogP contribution in [0, 0.1) is 14.1 Å². The van der Waals surface area contributed by atoms with Crippen molar-refractivity contribution in [2.45, 2.75) is 6.92 Å². The molecular weight excluding hydrogens is 453 g/mol. The number of Topliss-reactive ketones (excluding diaryl/α,β-unsaturated/α-hetero) is 1. The molecule has 24 heavy (non-hydrogen) atoms. The molecule has 0 unspecified atom stereocenters. The van der Waals surface area contributed by atoms with E-state index in [9.17, 15) is 4.79 Å². The van der Waals surface area contributed by atoms with Crippen LogP contribution in [0.15, 0.2) is 24.3 Å². The van der Waals surface area contributed by atoms with E-state index in [0.29, 0.717) is 0 Å². The van der Waals surface area contributed by atoms with Crippen LogP contribution in [0.3, 0.4) is 0 Å². The topological polar surface area (TPSA) is 32.8 Å². The number of para-hydroxylation sites is 1. The smallest absolute Gasteiger partial charge is 0.00595 e. The number of nitrogens with zero attached hydrogens (tertiary/aromatic N) is 2. The summed E-state index contributed by atoms with van der Waals surface area (Å²) in [6.45, 7) is 6.07. The molecule has 0 atom stereocenters. The van der Waals surface area contributed by atoms with Gasteiger partial charge in [-0.3, -0.25) is 0 Å². The first-order valence-electron chi connectivity index (χ1n) is 6.83. The number of ketones is 1. The van der Waals surface area contributed by atoms with Crippen LogP contribution in [0.1, 0.15) is 12.5 Å². The van der Waals surface area contributed by atoms with Crippen molar-refractivity contribution >= 4 is 44.0 Å². The zero-order chi connectivity index (χ0) is 17.1. The minimum Gasteiger partial charge on any atom is -0.386 e. The van der Waals surface area contributed by atoms with E-state index in [-0.39, 0.29) is 35.5 Å². The Morgan fingerprint density at radius 1 is 1.33 bits per heavy atom. The number of carbonyl (C=O) groups is 1. The predicted octanol–water partition coefficient (Wildman–Crippen LogP) is 3.77. The summed E-state index contributed by atoms with van der Waals surface area (Å²) in [4.78, 5) is 10.7. The van der Waals surface area contributed by atoms with Gasteiger partial charge in [-0.25, -0.2) is 0 Å². The van der Waals surface area contributed by atoms with Gasteiger partial charge in [-0.2, -0.15) is 6.67 Å². The summed E-state index contributed by atoms with van der Waals surface area (Å²) in [6, 6.07) is 7.55. The Kier molecular flexibility index (Phi) is 14.3. The molecule has 8 heteroatoms. The van der Waals surface area contributed by atoms with E-state index >= 15 is 0 Å². The number of hydrogen-bond acceptors (Lipinski definition) is 6. The maximum absolute atomic E-state index is 10.7. The first-order valence-corrected chi connectivity index (χ1v) is 12.4. The van der Waals surface area contributed by atoms with E-state index < -0.39 is 0 Å². The molecule has 0 aromatic heterocycles. The van der Waals surface area contributed by atoms with Crippen molar-refractivity contribution in [2.75, 3.05) is 32.2 Å². The second-order valence-corrected chi connectivity index (χ2v) is 7.93. The Bertz CT molecular complexity index is 511. The Morgan fingerprint density at radius 3 is 2.38 bits per heavy atom. The van der Waals surface area contributed by atoms with Gasteiger partial charge in [0.1, 0.15) is 0 Å². The van der Waals surface area contributed by atoms with Crippen LogP contribution in [0.25, 0.3) is 0 Å². The normalized spacial score (nSPS) is 15.2. The SMILES string of the molecule is CC(=O)COc1ccccc1[CH]=[Ru][Cl].CSN1[CH-]N(SC)CC1.[CH3-]. The second kappa shape index (κ2) is 14.3. The molecular formula is C16H24ClN2O2RuS2-2. The van der Waals surface area contributed by atoms with Crippen LogP contribution in [0.5, 0.6) is 5.75 Å². The fourth-order valence-corrected chi connectivity index (χ4v) is 3.77. The van der Waals surface area contributed by atoms with Crippen LogP contribution in [-0.4, -0.2) is 51.2 Å². The van der Waals surface area contributed by atoms with Crippen molar-refractivity contribution in [2.24, 2.45) is 0 Å². The van der Waals surface area contributed by atoms with Gasteiger partial charge in [0.05, 0.1) is 0 Å². The molecule has 0 bridgehead atoms. The third-order valence-electron chi connectivity index (χ3n) is 2.77. The molecule has 0 radical (unpaired) electrons. The maximum Gasteiger partial charge on any atom is -0.00595 e. The van der Waals surface area contributed by atoms with Gasteiger partial charge in [0.25, 0.3) is 0 Å². The zero-order valence-corrected chi connectivity index (χ0v) is 18.5. The van der Waals surface area contributed by atoms with Crippen molar-refractivity contribution < 1.29 is 25.2 Å². The molecule has 139 valence electrons. The monoisotopic (exact) mass is 477 g/mol. The van der Waals surface area contributed by atoms with Gasteiger partial charge >= 0.3 is 94.4 Å². The van der Waals surface area contributed by atoms with Gasteiger partial charge in [-0.15, -0.1) is 23.9 Å². The molecule has 1 fully saturated rings. The third-order valence-corrected chi connectivity index (χ3v) is 5.44. The first kappa shape index (κ1) is 24.1. The molecule has 0 amide bonds. The van der Waals surface area contributed by atoms with E-state index in [0.717, 1.165) is 24.4 Å². The van der Waals surface area contributed by atoms with Crippen molar-refractivity contribution in [1.29, 1.82) is 0 Å². The number of halogens is 1. The van der Waals surface area contributed by atoms with Crippen molar-refractivity contribution in [3.05, 3.63) is 43.9 Å². The van der Waals surface area contributed by atoms with Gasteiger partial charge in [0.15, 0.2) is 0 Å². The van der Waals surface area contributed by atoms with E-state index in [1.54, 1.807) is 23.9 Å². The molecule has 0 N–H and O–H groups in total. The molecule has 0 spiro atoms. The van der Waals surface area contributed by atoms with E-state index in [1.165, 1.54) is 6.92 Å². The summed E-state index contributed by atoms with van der Waals surface area (Å²) in [7, 11) is 5.68. The standard InChI is InChI=1S/C10H10O2.C5H11N2S2.CH3.ClH.Ru/c1-8-5-3-4-6-10(8)12-7-9(2)11;1-8-6-3-4-7(5-6)9-2;;;/h1,3-6H,7H2,2H3;5H,3-4H2,1-2H3;1H3;1H;/q;2*-1;;+1/p-1. The molecule has 4 nitrogen and oxygen atoms in total. The maximum atomic E-state index is 10.7. The number of benzene rings is 1. The van der Waals surface area contributed by atoms with Gasteiger partial charge < -0.3 is 16.0 Å². The van der Waals surface area contributed by atoms with Crippen molar-refractivity contribution in [3.63, 3.8) is 0 Å². The molecule has 1 heterocycles. The van der Waals surface area contributed by atoms with Crippen LogP contribution in [0.4, 0.5) is 0 Å². The fraction of sp³-hybridized carbons (Fsp3) is 0.375. The van der Waals surface area contributed by atoms with Crippen LogP contribution in [-0.2, 0) is 20.5 Å². The second-order valence-electron chi connectivity index (χ2n) is 4.47. The van der Waals surface area contributed by atoms with Gasteiger partial charge in [0, 0.05) is 0 Å². The Labute approximate surface area is 166 Å². The van der Waals surface area contributed by atoms with Gasteiger partial charge in [-0.1, -0.05) is 0 Å². The fourth-order valence-electron chi connectivity index (χ4n) is 1.65. The average molecular weight is 477 g/mol. The summed E-state index contributed by atoms with van der Waals surface area (Å²) in [5.74, 6) is 0.733. The number of rotatable bonds is 6. The Morgan fingerprint density at radius 2 is 1.92 bits per heavy atom. The van der Waals surface area contributed by atoms with Crippen molar-refractivity contribution in [1.82, 2.24) is 8.61 Å². The largest absolute Gasteiger partial charge is 0.386 e. The summed E-state index contributed by atoms with van der Waals surface area (Å²) in [6.07, 6.45) is 4.20. The molecule has 0 saturated carbocycles. The molecule has 1 aliphatic rings. The average Bonchev–Trinajstić information content (AvgIpc) is 3.03. The van der Waals surface area contributed by atoms with Crippen LogP contribution in [0.2, 0.25) is 0 Å². The van der Waals surface area contributed by atoms with Crippen molar-refractivity contribution in [3.8, 4) is 5.75 Å². The number of carbonyl (C=O) groups excluding carboxylic acids is 1. The zero-order valence-electron chi connectivity index (χ0n) is 14.3. The first-order chi connectivity index (χ1) is 11.1. The number of ether oxygens (including phenoxy) is 1. The number of hydrogen-bond donors (Lipinski definition) is 0. The molecule has 1 aromatic rings. The quantitative estimate of drug-likeness (QED) is 0.353. The Balaban J connectivity index is 0.000000460. The molecule has 1 aliphatic heterocycles. The van der Waals surface area contributed by atoms with E-state index in [4.69, 9.17) is 14.4 Å². The molecule has 1 aromatic carbocycles. The third kappa shape index (κ3) is 9.54.